The van der Waals surface area contributed by atoms with Gasteiger partial charge >= 0.3 is 6.03 Å². The van der Waals surface area contributed by atoms with Crippen LogP contribution < -0.4 is 10.6 Å². The number of amides is 2. The number of hydrogen-bond donors (Lipinski definition) is 2. The molecule has 1 aliphatic carbocycles. The Bertz CT molecular complexity index is 638. The van der Waals surface area contributed by atoms with Crippen LogP contribution in [0.25, 0.3) is 0 Å². The molecule has 1 aliphatic rings. The number of aryl methyl sites for hydroxylation is 1. The second kappa shape index (κ2) is 8.48. The fourth-order valence-electron chi connectivity index (χ4n) is 2.82. The van der Waals surface area contributed by atoms with Crippen molar-refractivity contribution in [3.05, 3.63) is 29.8 Å². The Morgan fingerprint density at radius 3 is 2.42 bits per heavy atom. The molecule has 1 saturated carbocycles. The monoisotopic (exact) mass is 353 g/mol. The minimum Gasteiger partial charge on any atom is -0.337 e. The topological polar surface area (TPSA) is 78.5 Å². The number of likely N-dealkylation sites (N-methyl/N-ethyl adjacent to an activating group) is 1. The molecule has 1 aromatic carbocycles. The van der Waals surface area contributed by atoms with Crippen LogP contribution in [0.2, 0.25) is 0 Å². The molecular formula is C17H27N3O3S. The number of benzene rings is 1. The molecule has 0 heterocycles. The summed E-state index contributed by atoms with van der Waals surface area (Å²) in [4.78, 5) is 12.1. The Labute approximate surface area is 144 Å². The zero-order chi connectivity index (χ0) is 17.6. The molecule has 6 nitrogen and oxygen atoms in total. The van der Waals surface area contributed by atoms with Gasteiger partial charge in [-0.2, -0.15) is 4.31 Å². The molecule has 2 rings (SSSR count). The van der Waals surface area contributed by atoms with Gasteiger partial charge in [-0.05, 0) is 31.9 Å². The summed E-state index contributed by atoms with van der Waals surface area (Å²) in [7, 11) is -2.00. The highest BCUT2D eigenvalue weighted by Crippen LogP contribution is 2.17. The number of carbonyl (C=O) groups excluding carboxylic acids is 1. The first-order valence-corrected chi connectivity index (χ1v) is 9.91. The maximum absolute atomic E-state index is 12.4. The zero-order valence-corrected chi connectivity index (χ0v) is 15.2. The first-order valence-electron chi connectivity index (χ1n) is 8.47. The van der Waals surface area contributed by atoms with Crippen LogP contribution in [0.4, 0.5) is 4.79 Å². The Balaban J connectivity index is 1.78. The Kier molecular flexibility index (Phi) is 6.62. The molecule has 1 fully saturated rings. The van der Waals surface area contributed by atoms with Crippen LogP contribution in [0.1, 0.15) is 37.7 Å². The van der Waals surface area contributed by atoms with E-state index in [4.69, 9.17) is 0 Å². The first-order chi connectivity index (χ1) is 11.4. The SMILES string of the molecule is Cc1ccc(S(=O)(=O)N(C)CCNC(=O)NC2CCCCC2)cc1. The van der Waals surface area contributed by atoms with E-state index in [2.05, 4.69) is 10.6 Å². The molecule has 0 bridgehead atoms. The molecule has 0 aromatic heterocycles. The average Bonchev–Trinajstić information content (AvgIpc) is 2.56. The van der Waals surface area contributed by atoms with Crippen molar-refractivity contribution in [1.29, 1.82) is 0 Å². The summed E-state index contributed by atoms with van der Waals surface area (Å²) in [5, 5.41) is 5.69. The summed E-state index contributed by atoms with van der Waals surface area (Å²) in [6, 6.07) is 6.78. The van der Waals surface area contributed by atoms with E-state index in [0.29, 0.717) is 0 Å². The molecule has 0 radical (unpaired) electrons. The van der Waals surface area contributed by atoms with E-state index >= 15 is 0 Å². The fourth-order valence-corrected chi connectivity index (χ4v) is 3.99. The van der Waals surface area contributed by atoms with Crippen molar-refractivity contribution in [3.8, 4) is 0 Å². The fraction of sp³-hybridized carbons (Fsp3) is 0.588. The largest absolute Gasteiger partial charge is 0.337 e. The van der Waals surface area contributed by atoms with E-state index in [1.165, 1.54) is 17.8 Å². The van der Waals surface area contributed by atoms with Crippen molar-refractivity contribution in [3.63, 3.8) is 0 Å². The molecule has 2 amide bonds. The van der Waals surface area contributed by atoms with Crippen LogP contribution in [0, 0.1) is 6.92 Å². The number of urea groups is 1. The van der Waals surface area contributed by atoms with E-state index in [1.807, 2.05) is 6.92 Å². The van der Waals surface area contributed by atoms with Gasteiger partial charge in [0.25, 0.3) is 0 Å². The van der Waals surface area contributed by atoms with E-state index < -0.39 is 10.0 Å². The van der Waals surface area contributed by atoms with E-state index in [9.17, 15) is 13.2 Å². The lowest BCUT2D eigenvalue weighted by Gasteiger charge is -2.23. The third-order valence-corrected chi connectivity index (χ3v) is 6.25. The van der Waals surface area contributed by atoms with Crippen molar-refractivity contribution < 1.29 is 13.2 Å². The lowest BCUT2D eigenvalue weighted by Crippen LogP contribution is -2.45. The van der Waals surface area contributed by atoms with Gasteiger partial charge < -0.3 is 10.6 Å². The maximum atomic E-state index is 12.4. The quantitative estimate of drug-likeness (QED) is 0.823. The van der Waals surface area contributed by atoms with Gasteiger partial charge in [-0.1, -0.05) is 37.0 Å². The third kappa shape index (κ3) is 5.21. The average molecular weight is 353 g/mol. The zero-order valence-electron chi connectivity index (χ0n) is 14.4. The molecule has 24 heavy (non-hydrogen) atoms. The van der Waals surface area contributed by atoms with Gasteiger partial charge in [0.1, 0.15) is 0 Å². The molecule has 0 saturated heterocycles. The minimum absolute atomic E-state index is 0.219. The lowest BCUT2D eigenvalue weighted by molar-refractivity contribution is 0.232. The van der Waals surface area contributed by atoms with Crippen LogP contribution in [0.3, 0.4) is 0 Å². The maximum Gasteiger partial charge on any atom is 0.315 e. The first kappa shape index (κ1) is 18.7. The number of rotatable bonds is 6. The molecule has 0 atom stereocenters. The lowest BCUT2D eigenvalue weighted by atomic mass is 9.96. The molecule has 2 N–H and O–H groups in total. The molecule has 0 aliphatic heterocycles. The summed E-state index contributed by atoms with van der Waals surface area (Å²) in [6.45, 7) is 2.42. The molecule has 1 aromatic rings. The van der Waals surface area contributed by atoms with Crippen molar-refractivity contribution in [2.24, 2.45) is 0 Å². The van der Waals surface area contributed by atoms with Gasteiger partial charge in [0.05, 0.1) is 4.90 Å². The van der Waals surface area contributed by atoms with Crippen molar-refractivity contribution in [1.82, 2.24) is 14.9 Å². The van der Waals surface area contributed by atoms with E-state index in [-0.39, 0.29) is 30.1 Å². The second-order valence-electron chi connectivity index (χ2n) is 6.37. The molecule has 134 valence electrons. The molecule has 0 unspecified atom stereocenters. The van der Waals surface area contributed by atoms with E-state index in [1.54, 1.807) is 24.3 Å². The van der Waals surface area contributed by atoms with Gasteiger partial charge in [0.15, 0.2) is 0 Å². The van der Waals surface area contributed by atoms with Crippen molar-refractivity contribution in [2.75, 3.05) is 20.1 Å². The Morgan fingerprint density at radius 1 is 1.17 bits per heavy atom. The van der Waals surface area contributed by atoms with Crippen LogP contribution in [0.5, 0.6) is 0 Å². The van der Waals surface area contributed by atoms with Crippen LogP contribution in [0.15, 0.2) is 29.2 Å². The van der Waals surface area contributed by atoms with Crippen LogP contribution in [-0.4, -0.2) is 44.9 Å². The summed E-state index contributed by atoms with van der Waals surface area (Å²) >= 11 is 0. The smallest absolute Gasteiger partial charge is 0.315 e. The predicted octanol–water partition coefficient (Wildman–Crippen LogP) is 2.25. The highest BCUT2D eigenvalue weighted by Gasteiger charge is 2.20. The number of sulfonamides is 1. The Morgan fingerprint density at radius 2 is 1.79 bits per heavy atom. The van der Waals surface area contributed by atoms with Crippen LogP contribution in [-0.2, 0) is 10.0 Å². The standard InChI is InChI=1S/C17H27N3O3S/c1-14-8-10-16(11-9-14)24(22,23)20(2)13-12-18-17(21)19-15-6-4-3-5-7-15/h8-11,15H,3-7,12-13H2,1-2H3,(H2,18,19,21). The van der Waals surface area contributed by atoms with Crippen molar-refractivity contribution in [2.45, 2.75) is 50.0 Å². The number of carbonyl (C=O) groups is 1. The van der Waals surface area contributed by atoms with Gasteiger partial charge in [-0.15, -0.1) is 0 Å². The minimum atomic E-state index is -3.52. The second-order valence-corrected chi connectivity index (χ2v) is 8.42. The summed E-state index contributed by atoms with van der Waals surface area (Å²) in [5.74, 6) is 0. The molecule has 0 spiro atoms. The summed E-state index contributed by atoms with van der Waals surface area (Å²) in [6.07, 6.45) is 5.59. The highest BCUT2D eigenvalue weighted by molar-refractivity contribution is 7.89. The van der Waals surface area contributed by atoms with Crippen LogP contribution >= 0.6 is 0 Å². The highest BCUT2D eigenvalue weighted by atomic mass is 32.2. The summed E-state index contributed by atoms with van der Waals surface area (Å²) < 4.78 is 26.1. The molecular weight excluding hydrogens is 326 g/mol. The van der Waals surface area contributed by atoms with Gasteiger partial charge in [0, 0.05) is 26.2 Å². The molecule has 7 heteroatoms. The summed E-state index contributed by atoms with van der Waals surface area (Å²) in [5.41, 5.74) is 1.01. The Hall–Kier alpha value is -1.60. The third-order valence-electron chi connectivity index (χ3n) is 4.38. The number of nitrogens with one attached hydrogen (secondary N) is 2. The van der Waals surface area contributed by atoms with Gasteiger partial charge in [-0.25, -0.2) is 13.2 Å². The van der Waals surface area contributed by atoms with Crippen molar-refractivity contribution >= 4 is 16.1 Å². The van der Waals surface area contributed by atoms with Gasteiger partial charge in [0.2, 0.25) is 10.0 Å². The number of nitrogens with zero attached hydrogens (tertiary/aromatic N) is 1. The normalized spacial score (nSPS) is 16.1. The number of hydrogen-bond acceptors (Lipinski definition) is 3. The van der Waals surface area contributed by atoms with Gasteiger partial charge in [-0.3, -0.25) is 0 Å². The van der Waals surface area contributed by atoms with E-state index in [0.717, 1.165) is 31.2 Å². The predicted molar refractivity (Wildman–Crippen MR) is 94.4 cm³/mol.